The molecule has 2 saturated heterocycles. The SMILES string of the molecule is C=C([C@@H](CC(=O)[C@H](C)[C@@H](OC)[C@@H]1CCCN1C(=O)C[C@@H](OC)[C@H]([C@@H](C)CC)N(C)C(=O)[C@@H](CC(=O)[C@H](C(C)C)N(C)CCCCCCN1C(=O)C=CC1=O)C(C)C)Cc1ccc(O)cc1)N1CCCCO1. The van der Waals surface area contributed by atoms with Crippen molar-refractivity contribution < 1.29 is 48.2 Å². The van der Waals surface area contributed by atoms with E-state index in [0.29, 0.717) is 45.6 Å². The van der Waals surface area contributed by atoms with Crippen LogP contribution in [-0.2, 0) is 49.5 Å². The number of ketones is 2. The first-order valence-corrected chi connectivity index (χ1v) is 26.5. The summed E-state index contributed by atoms with van der Waals surface area (Å²) in [6, 6.07) is 5.84. The molecule has 4 rings (SSSR count). The summed E-state index contributed by atoms with van der Waals surface area (Å²) in [7, 11) is 6.93. The molecule has 0 bridgehead atoms. The molecule has 398 valence electrons. The van der Waals surface area contributed by atoms with Crippen molar-refractivity contribution in [2.45, 2.75) is 162 Å². The van der Waals surface area contributed by atoms with E-state index in [1.807, 2.05) is 63.8 Å². The third-order valence-corrected chi connectivity index (χ3v) is 15.5. The molecule has 1 aromatic rings. The molecule has 0 saturated carbocycles. The highest BCUT2D eigenvalue weighted by Crippen LogP contribution is 2.34. The number of ether oxygens (including phenoxy) is 2. The number of likely N-dealkylation sites (N-methyl/N-ethyl adjacent to an activating group) is 2. The molecule has 15 heteroatoms. The number of aromatic hydroxyl groups is 1. The zero-order chi connectivity index (χ0) is 52.5. The van der Waals surface area contributed by atoms with Crippen LogP contribution in [0.1, 0.15) is 131 Å². The monoisotopic (exact) mass is 992 g/mol. The smallest absolute Gasteiger partial charge is 0.253 e. The molecule has 3 aliphatic rings. The van der Waals surface area contributed by atoms with E-state index >= 15 is 0 Å². The number of carbonyl (C=O) groups excluding carboxylic acids is 6. The number of methoxy groups -OCH3 is 2. The van der Waals surface area contributed by atoms with Crippen LogP contribution in [0.3, 0.4) is 0 Å². The Labute approximate surface area is 425 Å². The Morgan fingerprint density at radius 3 is 2.07 bits per heavy atom. The van der Waals surface area contributed by atoms with Crippen LogP contribution in [0.4, 0.5) is 0 Å². The van der Waals surface area contributed by atoms with Crippen LogP contribution in [-0.4, -0.2) is 156 Å². The van der Waals surface area contributed by atoms with Crippen LogP contribution in [0.2, 0.25) is 0 Å². The summed E-state index contributed by atoms with van der Waals surface area (Å²) in [5.41, 5.74) is 1.72. The predicted octanol–water partition coefficient (Wildman–Crippen LogP) is 7.64. The molecule has 2 fully saturated rings. The summed E-state index contributed by atoms with van der Waals surface area (Å²) in [5.74, 6) is -2.10. The summed E-state index contributed by atoms with van der Waals surface area (Å²) >= 11 is 0. The highest BCUT2D eigenvalue weighted by Gasteiger charge is 2.44. The lowest BCUT2D eigenvalue weighted by Crippen LogP contribution is -2.54. The first kappa shape index (κ1) is 59.1. The van der Waals surface area contributed by atoms with Gasteiger partial charge in [-0.15, -0.1) is 0 Å². The highest BCUT2D eigenvalue weighted by molar-refractivity contribution is 6.12. The number of carbonyl (C=O) groups is 6. The highest BCUT2D eigenvalue weighted by atomic mass is 16.7. The van der Waals surface area contributed by atoms with Gasteiger partial charge in [-0.2, -0.15) is 0 Å². The van der Waals surface area contributed by atoms with Gasteiger partial charge in [-0.05, 0) is 94.0 Å². The number of rotatable bonds is 31. The average molecular weight is 992 g/mol. The lowest BCUT2D eigenvalue weighted by molar-refractivity contribution is -0.160. The van der Waals surface area contributed by atoms with Crippen LogP contribution in [0.25, 0.3) is 0 Å². The van der Waals surface area contributed by atoms with Crippen molar-refractivity contribution in [3.63, 3.8) is 0 Å². The number of hydroxylamine groups is 2. The number of hydrogen-bond acceptors (Lipinski definition) is 12. The van der Waals surface area contributed by atoms with Gasteiger partial charge in [-0.25, -0.2) is 0 Å². The number of amides is 4. The molecule has 15 nitrogen and oxygen atoms in total. The molecule has 3 aliphatic heterocycles. The van der Waals surface area contributed by atoms with Gasteiger partial charge in [0.25, 0.3) is 11.8 Å². The Bertz CT molecular complexity index is 1930. The van der Waals surface area contributed by atoms with E-state index < -0.39 is 30.1 Å². The van der Waals surface area contributed by atoms with Crippen molar-refractivity contribution in [2.75, 3.05) is 61.1 Å². The van der Waals surface area contributed by atoms with E-state index in [1.54, 1.807) is 38.3 Å². The van der Waals surface area contributed by atoms with Gasteiger partial charge < -0.3 is 24.4 Å². The molecule has 4 amide bonds. The predicted molar refractivity (Wildman–Crippen MR) is 276 cm³/mol. The number of phenols is 1. The molecule has 71 heavy (non-hydrogen) atoms. The molecule has 0 aliphatic carbocycles. The number of benzene rings is 1. The van der Waals surface area contributed by atoms with E-state index in [1.165, 1.54) is 17.1 Å². The largest absolute Gasteiger partial charge is 0.508 e. The third kappa shape index (κ3) is 16.3. The zero-order valence-electron chi connectivity index (χ0n) is 45.1. The van der Waals surface area contributed by atoms with E-state index in [9.17, 15) is 33.9 Å². The van der Waals surface area contributed by atoms with E-state index in [2.05, 4.69) is 25.3 Å². The van der Waals surface area contributed by atoms with Crippen molar-refractivity contribution in [1.29, 1.82) is 0 Å². The van der Waals surface area contributed by atoms with Crippen molar-refractivity contribution in [2.24, 2.45) is 35.5 Å². The lowest BCUT2D eigenvalue weighted by atomic mass is 9.83. The van der Waals surface area contributed by atoms with Crippen molar-refractivity contribution >= 4 is 35.2 Å². The van der Waals surface area contributed by atoms with Gasteiger partial charge in [0.2, 0.25) is 11.8 Å². The quantitative estimate of drug-likeness (QED) is 0.0572. The molecule has 1 N–H and O–H groups in total. The molecule has 1 aromatic carbocycles. The van der Waals surface area contributed by atoms with Crippen molar-refractivity contribution in [3.8, 4) is 5.75 Å². The summed E-state index contributed by atoms with van der Waals surface area (Å²) in [4.78, 5) is 94.6. The number of unbranched alkanes of at least 4 members (excludes halogenated alkanes) is 3. The molecule has 0 radical (unpaired) electrons. The van der Waals surface area contributed by atoms with E-state index in [-0.39, 0.29) is 96.0 Å². The number of likely N-dealkylation sites (tertiary alicyclic amines) is 1. The number of allylic oxidation sites excluding steroid dienone is 1. The second-order valence-corrected chi connectivity index (χ2v) is 21.2. The van der Waals surface area contributed by atoms with Gasteiger partial charge in [-0.1, -0.05) is 86.4 Å². The van der Waals surface area contributed by atoms with Gasteiger partial charge in [-0.3, -0.25) is 48.5 Å². The second kappa shape index (κ2) is 28.7. The normalized spacial score (nSPS) is 19.8. The Kier molecular flexibility index (Phi) is 23.9. The van der Waals surface area contributed by atoms with Crippen LogP contribution >= 0.6 is 0 Å². The van der Waals surface area contributed by atoms with Crippen molar-refractivity contribution in [3.05, 3.63) is 54.3 Å². The molecular formula is C56H89N5O10. The molecular weight excluding hydrogens is 903 g/mol. The lowest BCUT2D eigenvalue weighted by Gasteiger charge is -2.41. The molecule has 0 aromatic heterocycles. The average Bonchev–Trinajstić information content (AvgIpc) is 3.96. The van der Waals surface area contributed by atoms with Gasteiger partial charge in [0.05, 0.1) is 43.4 Å². The summed E-state index contributed by atoms with van der Waals surface area (Å²) in [6.45, 7) is 21.4. The van der Waals surface area contributed by atoms with Crippen molar-refractivity contribution in [1.82, 2.24) is 24.7 Å². The summed E-state index contributed by atoms with van der Waals surface area (Å²) in [6.07, 6.45) is 9.72. The zero-order valence-corrected chi connectivity index (χ0v) is 45.1. The maximum Gasteiger partial charge on any atom is 0.253 e. The van der Waals surface area contributed by atoms with E-state index in [0.717, 1.165) is 62.6 Å². The van der Waals surface area contributed by atoms with Gasteiger partial charge in [0.15, 0.2) is 5.78 Å². The van der Waals surface area contributed by atoms with Crippen LogP contribution in [0, 0.1) is 35.5 Å². The molecule has 3 heterocycles. The van der Waals surface area contributed by atoms with Crippen LogP contribution < -0.4 is 0 Å². The standard InChI is InChI=1S/C56H89N5O10/c1-13-39(6)54(58(10)56(68)45(37(2)3)35-48(64)53(38(4)5)57(9)28-16-14-15-17-29-60-50(65)26-27-51(60)66)49(69-11)36-52(67)59-30-20-21-46(59)55(70-12)40(7)47(63)34-43(33-42-22-24-44(62)25-23-42)41(8)61-31-18-19-32-71-61/h22-27,37-40,43,45-46,49,53-55,62H,8,13-21,28-36H2,1-7,9-12H3/t39-,40-,43+,45-,46-,49+,53-,54-,55+/m0/s1. The minimum absolute atomic E-state index is 0.00667. The van der Waals surface area contributed by atoms with Crippen LogP contribution in [0.15, 0.2) is 48.7 Å². The molecule has 0 spiro atoms. The Balaban J connectivity index is 1.42. The first-order valence-electron chi connectivity index (χ1n) is 26.5. The van der Waals surface area contributed by atoms with Gasteiger partial charge in [0, 0.05) is 89.3 Å². The van der Waals surface area contributed by atoms with Gasteiger partial charge >= 0.3 is 0 Å². The Morgan fingerprint density at radius 1 is 0.831 bits per heavy atom. The molecule has 0 unspecified atom stereocenters. The Morgan fingerprint density at radius 2 is 1.49 bits per heavy atom. The van der Waals surface area contributed by atoms with Crippen LogP contribution in [0.5, 0.6) is 5.75 Å². The fourth-order valence-electron chi connectivity index (χ4n) is 11.1. The summed E-state index contributed by atoms with van der Waals surface area (Å²) < 4.78 is 12.3. The van der Waals surface area contributed by atoms with E-state index in [4.69, 9.17) is 14.3 Å². The maximum absolute atomic E-state index is 14.7. The fourth-order valence-corrected chi connectivity index (χ4v) is 11.1. The molecule has 9 atom stereocenters. The van der Waals surface area contributed by atoms with Gasteiger partial charge in [0.1, 0.15) is 11.5 Å². The topological polar surface area (TPSA) is 167 Å². The minimum Gasteiger partial charge on any atom is -0.508 e. The third-order valence-electron chi connectivity index (χ3n) is 15.5. The second-order valence-electron chi connectivity index (χ2n) is 21.2. The first-order chi connectivity index (χ1) is 33.7. The Hall–Kier alpha value is -4.44. The maximum atomic E-state index is 14.7. The minimum atomic E-state index is -0.637. The summed E-state index contributed by atoms with van der Waals surface area (Å²) in [5, 5.41) is 11.7. The number of hydrogen-bond donors (Lipinski definition) is 1. The fraction of sp³-hybridized carbons (Fsp3) is 0.714. The number of Topliss-reactive ketones (excluding diaryl/α,β-unsaturated/α-hetero) is 2. The number of imide groups is 1. The number of phenolic OH excluding ortho intramolecular Hbond substituents is 1. The number of nitrogens with zero attached hydrogens (tertiary/aromatic N) is 5.